The van der Waals surface area contributed by atoms with Gasteiger partial charge in [-0.3, -0.25) is 4.79 Å². The molecule has 6 heteroatoms. The third kappa shape index (κ3) is 5.96. The number of benzene rings is 1. The van der Waals surface area contributed by atoms with E-state index in [0.29, 0.717) is 19.1 Å². The Morgan fingerprint density at radius 3 is 2.50 bits per heavy atom. The molecule has 1 heterocycles. The Labute approximate surface area is 150 Å². The molecule has 0 aliphatic carbocycles. The van der Waals surface area contributed by atoms with E-state index < -0.39 is 0 Å². The van der Waals surface area contributed by atoms with Crippen molar-refractivity contribution in [2.24, 2.45) is 11.7 Å². The van der Waals surface area contributed by atoms with Crippen LogP contribution in [-0.4, -0.2) is 31.3 Å². The van der Waals surface area contributed by atoms with Crippen LogP contribution in [0.1, 0.15) is 45.2 Å². The van der Waals surface area contributed by atoms with Crippen LogP contribution in [0.2, 0.25) is 0 Å². The average Bonchev–Trinajstić information content (AvgIpc) is 3.02. The van der Waals surface area contributed by atoms with Gasteiger partial charge in [0, 0.05) is 6.54 Å². The smallest absolute Gasteiger partial charge is 0.249 e. The molecule has 1 saturated heterocycles. The molecule has 1 amide bonds. The maximum absolute atomic E-state index is 12.2. The summed E-state index contributed by atoms with van der Waals surface area (Å²) in [7, 11) is 0. The summed E-state index contributed by atoms with van der Waals surface area (Å²) in [5.41, 5.74) is 6.62. The van der Waals surface area contributed by atoms with Gasteiger partial charge < -0.3 is 20.5 Å². The van der Waals surface area contributed by atoms with Crippen LogP contribution in [-0.2, 0) is 9.53 Å². The van der Waals surface area contributed by atoms with Gasteiger partial charge >= 0.3 is 0 Å². The molecular weight excluding hydrogens is 328 g/mol. The standard InChI is InChI=1S/C18H28N2O3.ClH/c1-12(2)11-22-15-6-4-14(5-7-15)13(3)20-18(21)17-9-8-16(10-19)23-17;/h4-7,12-13,16-17H,8-11,19H2,1-3H3,(H,20,21);1H/t13?,16-,17+;/m1./s1. The van der Waals surface area contributed by atoms with Gasteiger partial charge in [-0.15, -0.1) is 12.4 Å². The van der Waals surface area contributed by atoms with E-state index in [2.05, 4.69) is 19.2 Å². The SMILES string of the molecule is CC(C)COc1ccc(C(C)NC(=O)[C@@H]2CC[C@H](CN)O2)cc1.Cl. The molecule has 1 aliphatic rings. The Bertz CT molecular complexity index is 507. The second kappa shape index (κ2) is 9.87. The molecule has 0 radical (unpaired) electrons. The van der Waals surface area contributed by atoms with Crippen LogP contribution < -0.4 is 15.8 Å². The highest BCUT2D eigenvalue weighted by molar-refractivity contribution is 5.85. The number of nitrogens with two attached hydrogens (primary N) is 1. The zero-order chi connectivity index (χ0) is 16.8. The van der Waals surface area contributed by atoms with Gasteiger partial charge in [0.05, 0.1) is 18.8 Å². The maximum atomic E-state index is 12.2. The van der Waals surface area contributed by atoms with Gasteiger partial charge in [-0.2, -0.15) is 0 Å². The number of carbonyl (C=O) groups excluding carboxylic acids is 1. The van der Waals surface area contributed by atoms with Crippen LogP contribution in [0.3, 0.4) is 0 Å². The molecule has 1 fully saturated rings. The average molecular weight is 357 g/mol. The van der Waals surface area contributed by atoms with E-state index in [1.807, 2.05) is 31.2 Å². The summed E-state index contributed by atoms with van der Waals surface area (Å²) in [6.07, 6.45) is 1.23. The van der Waals surface area contributed by atoms with Gasteiger partial charge in [0.15, 0.2) is 0 Å². The molecule has 0 saturated carbocycles. The van der Waals surface area contributed by atoms with Crippen molar-refractivity contribution in [2.45, 2.75) is 51.9 Å². The summed E-state index contributed by atoms with van der Waals surface area (Å²) in [6, 6.07) is 7.79. The summed E-state index contributed by atoms with van der Waals surface area (Å²) in [4.78, 5) is 12.2. The van der Waals surface area contributed by atoms with Crippen LogP contribution in [0.4, 0.5) is 0 Å². The number of halogens is 1. The summed E-state index contributed by atoms with van der Waals surface area (Å²) in [5.74, 6) is 1.29. The van der Waals surface area contributed by atoms with Crippen LogP contribution in [0.25, 0.3) is 0 Å². The number of hydrogen-bond acceptors (Lipinski definition) is 4. The molecule has 1 aliphatic heterocycles. The molecule has 5 nitrogen and oxygen atoms in total. The Hall–Kier alpha value is -1.30. The lowest BCUT2D eigenvalue weighted by atomic mass is 10.1. The lowest BCUT2D eigenvalue weighted by Gasteiger charge is -2.18. The summed E-state index contributed by atoms with van der Waals surface area (Å²) in [5, 5.41) is 3.01. The maximum Gasteiger partial charge on any atom is 0.249 e. The predicted octanol–water partition coefficient (Wildman–Crippen LogP) is 2.83. The van der Waals surface area contributed by atoms with Gasteiger partial charge in [0.25, 0.3) is 0 Å². The van der Waals surface area contributed by atoms with E-state index in [1.54, 1.807) is 0 Å². The first-order valence-electron chi connectivity index (χ1n) is 8.38. The van der Waals surface area contributed by atoms with E-state index in [1.165, 1.54) is 0 Å². The fraction of sp³-hybridized carbons (Fsp3) is 0.611. The zero-order valence-corrected chi connectivity index (χ0v) is 15.5. The quantitative estimate of drug-likeness (QED) is 0.787. The highest BCUT2D eigenvalue weighted by atomic mass is 35.5. The second-order valence-corrected chi connectivity index (χ2v) is 6.56. The van der Waals surface area contributed by atoms with Crippen molar-refractivity contribution in [3.05, 3.63) is 29.8 Å². The van der Waals surface area contributed by atoms with E-state index in [0.717, 1.165) is 24.2 Å². The van der Waals surface area contributed by atoms with Crippen molar-refractivity contribution in [1.29, 1.82) is 0 Å². The molecule has 3 atom stereocenters. The highest BCUT2D eigenvalue weighted by Crippen LogP contribution is 2.22. The Morgan fingerprint density at radius 2 is 1.96 bits per heavy atom. The molecule has 136 valence electrons. The molecule has 0 spiro atoms. The fourth-order valence-corrected chi connectivity index (χ4v) is 2.58. The number of rotatable bonds is 7. The van der Waals surface area contributed by atoms with Crippen molar-refractivity contribution in [1.82, 2.24) is 5.32 Å². The van der Waals surface area contributed by atoms with Crippen LogP contribution >= 0.6 is 12.4 Å². The Balaban J connectivity index is 0.00000288. The van der Waals surface area contributed by atoms with Crippen LogP contribution in [0.15, 0.2) is 24.3 Å². The van der Waals surface area contributed by atoms with E-state index in [-0.39, 0.29) is 36.6 Å². The van der Waals surface area contributed by atoms with E-state index in [9.17, 15) is 4.79 Å². The molecule has 1 aromatic carbocycles. The monoisotopic (exact) mass is 356 g/mol. The zero-order valence-electron chi connectivity index (χ0n) is 14.7. The summed E-state index contributed by atoms with van der Waals surface area (Å²) >= 11 is 0. The van der Waals surface area contributed by atoms with Gasteiger partial charge in [-0.05, 0) is 43.4 Å². The first kappa shape index (κ1) is 20.7. The first-order chi connectivity index (χ1) is 11.0. The van der Waals surface area contributed by atoms with E-state index in [4.69, 9.17) is 15.2 Å². The minimum atomic E-state index is -0.375. The molecule has 0 bridgehead atoms. The topological polar surface area (TPSA) is 73.6 Å². The predicted molar refractivity (Wildman–Crippen MR) is 97.5 cm³/mol. The largest absolute Gasteiger partial charge is 0.493 e. The Morgan fingerprint density at radius 1 is 1.29 bits per heavy atom. The van der Waals surface area contributed by atoms with Crippen LogP contribution in [0.5, 0.6) is 5.75 Å². The number of hydrogen-bond donors (Lipinski definition) is 2. The molecule has 1 unspecified atom stereocenters. The Kier molecular flexibility index (Phi) is 8.53. The van der Waals surface area contributed by atoms with Crippen molar-refractivity contribution >= 4 is 18.3 Å². The number of nitrogens with one attached hydrogen (secondary N) is 1. The number of ether oxygens (including phenoxy) is 2. The van der Waals surface area contributed by atoms with Crippen LogP contribution in [0, 0.1) is 5.92 Å². The number of amides is 1. The molecule has 0 aromatic heterocycles. The highest BCUT2D eigenvalue weighted by Gasteiger charge is 2.30. The van der Waals surface area contributed by atoms with Crippen molar-refractivity contribution < 1.29 is 14.3 Å². The van der Waals surface area contributed by atoms with Crippen molar-refractivity contribution in [2.75, 3.05) is 13.2 Å². The van der Waals surface area contributed by atoms with Gasteiger partial charge in [0.1, 0.15) is 11.9 Å². The lowest BCUT2D eigenvalue weighted by molar-refractivity contribution is -0.132. The van der Waals surface area contributed by atoms with Crippen molar-refractivity contribution in [3.63, 3.8) is 0 Å². The molecular formula is C18H29ClN2O3. The third-order valence-corrected chi connectivity index (χ3v) is 3.99. The minimum absolute atomic E-state index is 0. The summed E-state index contributed by atoms with van der Waals surface area (Å²) in [6.45, 7) is 7.37. The molecule has 1 aromatic rings. The number of carbonyl (C=O) groups is 1. The lowest BCUT2D eigenvalue weighted by Crippen LogP contribution is -2.36. The van der Waals surface area contributed by atoms with Crippen molar-refractivity contribution in [3.8, 4) is 5.75 Å². The first-order valence-corrected chi connectivity index (χ1v) is 8.38. The van der Waals surface area contributed by atoms with E-state index >= 15 is 0 Å². The molecule has 2 rings (SSSR count). The van der Waals surface area contributed by atoms with Gasteiger partial charge in [-0.25, -0.2) is 0 Å². The molecule has 3 N–H and O–H groups in total. The van der Waals surface area contributed by atoms with Gasteiger partial charge in [0.2, 0.25) is 5.91 Å². The molecule has 24 heavy (non-hydrogen) atoms. The minimum Gasteiger partial charge on any atom is -0.493 e. The van der Waals surface area contributed by atoms with Gasteiger partial charge in [-0.1, -0.05) is 26.0 Å². The fourth-order valence-electron chi connectivity index (χ4n) is 2.58. The second-order valence-electron chi connectivity index (χ2n) is 6.56. The normalized spacial score (nSPS) is 21.2. The third-order valence-electron chi connectivity index (χ3n) is 3.99. The summed E-state index contributed by atoms with van der Waals surface area (Å²) < 4.78 is 11.3.